The van der Waals surface area contributed by atoms with Crippen LogP contribution in [0.4, 0.5) is 5.82 Å². The quantitative estimate of drug-likeness (QED) is 0.518. The smallest absolute Gasteiger partial charge is 0.262 e. The minimum absolute atomic E-state index is 0.00704. The highest BCUT2D eigenvalue weighted by Gasteiger charge is 2.31. The summed E-state index contributed by atoms with van der Waals surface area (Å²) in [7, 11) is 0. The fourth-order valence-electron chi connectivity index (χ4n) is 3.58. The molecule has 1 aliphatic rings. The molecule has 4 aromatic rings. The lowest BCUT2D eigenvalue weighted by Crippen LogP contribution is -2.24. The van der Waals surface area contributed by atoms with Gasteiger partial charge in [-0.15, -0.1) is 0 Å². The number of hydrogen-bond acceptors (Lipinski definition) is 5. The van der Waals surface area contributed by atoms with Gasteiger partial charge in [-0.3, -0.25) is 29.3 Å². The van der Waals surface area contributed by atoms with Crippen molar-refractivity contribution in [3.8, 4) is 16.8 Å². The Morgan fingerprint density at radius 3 is 2.41 bits per heavy atom. The summed E-state index contributed by atoms with van der Waals surface area (Å²) < 4.78 is 1.22. The SMILES string of the molecule is Nc1c2c(cc(=O)n1-c1ccc(-c3cnc4ccccc4c3)cc1)C(=O)NC2=O. The van der Waals surface area contributed by atoms with E-state index in [2.05, 4.69) is 10.3 Å². The van der Waals surface area contributed by atoms with E-state index in [0.29, 0.717) is 5.69 Å². The van der Waals surface area contributed by atoms with Crippen LogP contribution in [0.2, 0.25) is 0 Å². The monoisotopic (exact) mass is 382 g/mol. The summed E-state index contributed by atoms with van der Waals surface area (Å²) in [4.78, 5) is 40.8. The van der Waals surface area contributed by atoms with E-state index in [1.165, 1.54) is 4.57 Å². The summed E-state index contributed by atoms with van der Waals surface area (Å²) in [5.41, 5.74) is 8.90. The number of pyridine rings is 2. The van der Waals surface area contributed by atoms with Gasteiger partial charge in [0.25, 0.3) is 17.4 Å². The average Bonchev–Trinajstić information content (AvgIpc) is 3.01. The first-order chi connectivity index (χ1) is 14.0. The summed E-state index contributed by atoms with van der Waals surface area (Å²) in [6.45, 7) is 0. The maximum atomic E-state index is 12.5. The van der Waals surface area contributed by atoms with Gasteiger partial charge in [0.05, 0.1) is 22.3 Å². The number of benzene rings is 2. The molecule has 7 heteroatoms. The maximum absolute atomic E-state index is 12.5. The number of aromatic nitrogens is 2. The Bertz CT molecular complexity index is 1390. The molecule has 2 aromatic heterocycles. The van der Waals surface area contributed by atoms with Crippen LogP contribution in [-0.2, 0) is 0 Å². The molecule has 0 spiro atoms. The first-order valence-electron chi connectivity index (χ1n) is 8.90. The zero-order chi connectivity index (χ0) is 20.1. The number of hydrogen-bond donors (Lipinski definition) is 2. The van der Waals surface area contributed by atoms with Gasteiger partial charge >= 0.3 is 0 Å². The molecule has 0 bridgehead atoms. The van der Waals surface area contributed by atoms with Crippen molar-refractivity contribution < 1.29 is 9.59 Å². The number of rotatable bonds is 2. The Kier molecular flexibility index (Phi) is 3.57. The van der Waals surface area contributed by atoms with Gasteiger partial charge in [0, 0.05) is 23.2 Å². The highest BCUT2D eigenvalue weighted by Crippen LogP contribution is 2.26. The zero-order valence-corrected chi connectivity index (χ0v) is 15.0. The predicted molar refractivity (Wildman–Crippen MR) is 109 cm³/mol. The van der Waals surface area contributed by atoms with Gasteiger partial charge in [0.15, 0.2) is 0 Å². The molecule has 7 nitrogen and oxygen atoms in total. The van der Waals surface area contributed by atoms with Gasteiger partial charge in [-0.05, 0) is 29.8 Å². The van der Waals surface area contributed by atoms with Crippen LogP contribution in [0.15, 0.2) is 71.7 Å². The first kappa shape index (κ1) is 16.9. The number of nitrogens with two attached hydrogens (primary N) is 1. The fourth-order valence-corrected chi connectivity index (χ4v) is 3.58. The van der Waals surface area contributed by atoms with Crippen LogP contribution in [0, 0.1) is 0 Å². The molecular formula is C22H14N4O3. The molecule has 0 saturated carbocycles. The number of imide groups is 1. The van der Waals surface area contributed by atoms with Crippen LogP contribution in [0.25, 0.3) is 27.7 Å². The molecule has 0 fully saturated rings. The summed E-state index contributed by atoms with van der Waals surface area (Å²) in [5.74, 6) is -1.27. The Balaban J connectivity index is 1.59. The summed E-state index contributed by atoms with van der Waals surface area (Å²) in [5, 5.41) is 3.19. The Hall–Kier alpha value is -4.26. The second-order valence-electron chi connectivity index (χ2n) is 6.74. The largest absolute Gasteiger partial charge is 0.384 e. The Labute approximate surface area is 164 Å². The van der Waals surface area contributed by atoms with Gasteiger partial charge < -0.3 is 5.73 Å². The standard InChI is InChI=1S/C22H14N4O3/c23-20-19-16(21(28)25-22(19)29)10-18(27)26(20)15-7-5-12(6-8-15)14-9-13-3-1-2-4-17(13)24-11-14/h1-11H,23H2,(H,25,28,29). The number of nitrogens with zero attached hydrogens (tertiary/aromatic N) is 2. The molecule has 2 amide bonds. The molecule has 3 N–H and O–H groups in total. The fraction of sp³-hybridized carbons (Fsp3) is 0. The number of para-hydroxylation sites is 1. The number of amides is 2. The van der Waals surface area contributed by atoms with E-state index in [-0.39, 0.29) is 16.9 Å². The number of anilines is 1. The third-order valence-corrected chi connectivity index (χ3v) is 5.00. The van der Waals surface area contributed by atoms with E-state index >= 15 is 0 Å². The molecule has 3 heterocycles. The second-order valence-corrected chi connectivity index (χ2v) is 6.74. The van der Waals surface area contributed by atoms with Crippen molar-refractivity contribution in [1.29, 1.82) is 0 Å². The summed E-state index contributed by atoms with van der Waals surface area (Å²) in [6.07, 6.45) is 1.79. The van der Waals surface area contributed by atoms with Gasteiger partial charge in [-0.1, -0.05) is 30.3 Å². The number of carbonyl (C=O) groups is 2. The van der Waals surface area contributed by atoms with Crippen molar-refractivity contribution in [2.45, 2.75) is 0 Å². The Morgan fingerprint density at radius 1 is 0.862 bits per heavy atom. The van der Waals surface area contributed by atoms with Gasteiger partial charge in [-0.2, -0.15) is 0 Å². The third kappa shape index (κ3) is 2.60. The lowest BCUT2D eigenvalue weighted by molar-refractivity contribution is 0.0880. The van der Waals surface area contributed by atoms with Crippen LogP contribution < -0.4 is 16.6 Å². The van der Waals surface area contributed by atoms with Crippen LogP contribution >= 0.6 is 0 Å². The molecule has 5 rings (SSSR count). The zero-order valence-electron chi connectivity index (χ0n) is 15.0. The molecule has 29 heavy (non-hydrogen) atoms. The lowest BCUT2D eigenvalue weighted by Gasteiger charge is -2.12. The second kappa shape index (κ2) is 6.13. The highest BCUT2D eigenvalue weighted by atomic mass is 16.2. The average molecular weight is 382 g/mol. The minimum atomic E-state index is -0.611. The summed E-state index contributed by atoms with van der Waals surface area (Å²) >= 11 is 0. The maximum Gasteiger partial charge on any atom is 0.262 e. The van der Waals surface area contributed by atoms with E-state index in [1.54, 1.807) is 18.3 Å². The Morgan fingerprint density at radius 2 is 1.62 bits per heavy atom. The van der Waals surface area contributed by atoms with Crippen molar-refractivity contribution in [3.63, 3.8) is 0 Å². The molecule has 0 atom stereocenters. The van der Waals surface area contributed by atoms with Crippen molar-refractivity contribution in [3.05, 3.63) is 88.3 Å². The van der Waals surface area contributed by atoms with Gasteiger partial charge in [-0.25, -0.2) is 0 Å². The van der Waals surface area contributed by atoms with Crippen molar-refractivity contribution in [1.82, 2.24) is 14.9 Å². The normalized spacial score (nSPS) is 12.8. The number of fused-ring (bicyclic) bond motifs is 2. The summed E-state index contributed by atoms with van der Waals surface area (Å²) in [6, 6.07) is 18.2. The van der Waals surface area contributed by atoms with E-state index in [4.69, 9.17) is 5.73 Å². The van der Waals surface area contributed by atoms with Crippen molar-refractivity contribution in [2.75, 3.05) is 5.73 Å². The van der Waals surface area contributed by atoms with Crippen molar-refractivity contribution in [2.24, 2.45) is 0 Å². The molecular weight excluding hydrogens is 368 g/mol. The molecule has 2 aromatic carbocycles. The van der Waals surface area contributed by atoms with Crippen LogP contribution in [0.3, 0.4) is 0 Å². The van der Waals surface area contributed by atoms with Crippen LogP contribution in [0.5, 0.6) is 0 Å². The van der Waals surface area contributed by atoms with Crippen LogP contribution in [0.1, 0.15) is 20.7 Å². The molecule has 140 valence electrons. The van der Waals surface area contributed by atoms with E-state index in [0.717, 1.165) is 28.1 Å². The molecule has 0 saturated heterocycles. The van der Waals surface area contributed by atoms with E-state index in [1.807, 2.05) is 42.5 Å². The van der Waals surface area contributed by atoms with Crippen molar-refractivity contribution >= 4 is 28.5 Å². The van der Waals surface area contributed by atoms with E-state index < -0.39 is 17.4 Å². The van der Waals surface area contributed by atoms with Crippen LogP contribution in [-0.4, -0.2) is 21.4 Å². The number of nitrogens with one attached hydrogen (secondary N) is 1. The molecule has 0 radical (unpaired) electrons. The highest BCUT2D eigenvalue weighted by molar-refractivity contribution is 6.23. The van der Waals surface area contributed by atoms with Gasteiger partial charge in [0.1, 0.15) is 5.82 Å². The van der Waals surface area contributed by atoms with Gasteiger partial charge in [0.2, 0.25) is 0 Å². The molecule has 1 aliphatic heterocycles. The number of nitrogen functional groups attached to an aromatic ring is 1. The lowest BCUT2D eigenvalue weighted by atomic mass is 10.0. The predicted octanol–water partition coefficient (Wildman–Crippen LogP) is 2.52. The van der Waals surface area contributed by atoms with E-state index in [9.17, 15) is 14.4 Å². The molecule has 0 unspecified atom stereocenters. The number of carbonyl (C=O) groups excluding carboxylic acids is 2. The topological polar surface area (TPSA) is 107 Å². The first-order valence-corrected chi connectivity index (χ1v) is 8.90. The molecule has 0 aliphatic carbocycles. The third-order valence-electron chi connectivity index (χ3n) is 5.00. The minimum Gasteiger partial charge on any atom is -0.384 e.